The zero-order valence-corrected chi connectivity index (χ0v) is 11.5. The third-order valence-electron chi connectivity index (χ3n) is 2.76. The predicted molar refractivity (Wildman–Crippen MR) is 73.6 cm³/mol. The largest absolute Gasteiger partial charge is 0.394 e. The molecule has 1 unspecified atom stereocenters. The third-order valence-corrected chi connectivity index (χ3v) is 2.76. The molecule has 92 valence electrons. The maximum absolute atomic E-state index is 4.37. The van der Waals surface area contributed by atoms with Crippen LogP contribution in [0.1, 0.15) is 34.6 Å². The van der Waals surface area contributed by atoms with Gasteiger partial charge in [0, 0.05) is 24.9 Å². The molecule has 0 fully saturated rings. The van der Waals surface area contributed by atoms with E-state index in [0.717, 1.165) is 0 Å². The molecule has 1 N–H and O–H groups in total. The van der Waals surface area contributed by atoms with E-state index in [0.29, 0.717) is 11.8 Å². The lowest BCUT2D eigenvalue weighted by molar-refractivity contribution is 0.422. The topological polar surface area (TPSA) is 24.4 Å². The number of aliphatic imine (C=N–C) groups is 1. The SMILES string of the molecule is CN/C=C\C(C)(/C=N\C=C\C(C)C)C(C)C. The number of allylic oxidation sites excluding steroid dienone is 2. The molecule has 0 aliphatic rings. The molecule has 2 heteroatoms. The molecule has 0 spiro atoms. The van der Waals surface area contributed by atoms with E-state index >= 15 is 0 Å². The highest BCUT2D eigenvalue weighted by molar-refractivity contribution is 5.69. The van der Waals surface area contributed by atoms with Crippen LogP contribution in [-0.2, 0) is 0 Å². The maximum Gasteiger partial charge on any atom is 0.0247 e. The van der Waals surface area contributed by atoms with Gasteiger partial charge in [0.05, 0.1) is 0 Å². The average Bonchev–Trinajstić information content (AvgIpc) is 2.21. The molecule has 1 atom stereocenters. The Kier molecular flexibility index (Phi) is 6.78. The van der Waals surface area contributed by atoms with Gasteiger partial charge >= 0.3 is 0 Å². The highest BCUT2D eigenvalue weighted by Crippen LogP contribution is 2.26. The highest BCUT2D eigenvalue weighted by atomic mass is 14.8. The second-order valence-electron chi connectivity index (χ2n) is 5.01. The van der Waals surface area contributed by atoms with Gasteiger partial charge in [-0.1, -0.05) is 46.8 Å². The molecule has 0 aromatic heterocycles. The van der Waals surface area contributed by atoms with Gasteiger partial charge in [-0.25, -0.2) is 0 Å². The number of rotatable bonds is 6. The Labute approximate surface area is 101 Å². The second kappa shape index (κ2) is 7.26. The van der Waals surface area contributed by atoms with Gasteiger partial charge < -0.3 is 5.32 Å². The Hall–Kier alpha value is -1.05. The first-order valence-corrected chi connectivity index (χ1v) is 5.98. The summed E-state index contributed by atoms with van der Waals surface area (Å²) >= 11 is 0. The Morgan fingerprint density at radius 1 is 1.19 bits per heavy atom. The zero-order valence-electron chi connectivity index (χ0n) is 11.5. The molecule has 0 aromatic carbocycles. The van der Waals surface area contributed by atoms with Gasteiger partial charge in [0.25, 0.3) is 0 Å². The normalized spacial score (nSPS) is 17.0. The van der Waals surface area contributed by atoms with Crippen LogP contribution in [0.5, 0.6) is 0 Å². The monoisotopic (exact) mass is 222 g/mol. The molecular weight excluding hydrogens is 196 g/mol. The van der Waals surface area contributed by atoms with Gasteiger partial charge in [-0.15, -0.1) is 0 Å². The van der Waals surface area contributed by atoms with Crippen molar-refractivity contribution in [3.05, 3.63) is 24.6 Å². The minimum atomic E-state index is 0.00430. The summed E-state index contributed by atoms with van der Waals surface area (Å²) in [6.07, 6.45) is 10.1. The van der Waals surface area contributed by atoms with E-state index in [1.54, 1.807) is 0 Å². The number of hydrogen-bond donors (Lipinski definition) is 1. The van der Waals surface area contributed by atoms with Crippen molar-refractivity contribution in [1.29, 1.82) is 0 Å². The number of nitrogens with one attached hydrogen (secondary N) is 1. The average molecular weight is 222 g/mol. The smallest absolute Gasteiger partial charge is 0.0247 e. The Balaban J connectivity index is 4.62. The number of hydrogen-bond acceptors (Lipinski definition) is 2. The second-order valence-corrected chi connectivity index (χ2v) is 5.01. The van der Waals surface area contributed by atoms with Gasteiger partial charge in [-0.05, 0) is 18.0 Å². The molecular formula is C14H26N2. The van der Waals surface area contributed by atoms with E-state index in [9.17, 15) is 0 Å². The van der Waals surface area contributed by atoms with Crippen LogP contribution in [-0.4, -0.2) is 13.3 Å². The Bertz CT molecular complexity index is 262. The zero-order chi connectivity index (χ0) is 12.6. The fourth-order valence-corrected chi connectivity index (χ4v) is 1.07. The Morgan fingerprint density at radius 3 is 2.25 bits per heavy atom. The van der Waals surface area contributed by atoms with E-state index in [1.165, 1.54) is 0 Å². The van der Waals surface area contributed by atoms with Crippen molar-refractivity contribution in [2.75, 3.05) is 7.05 Å². The van der Waals surface area contributed by atoms with Crippen LogP contribution in [0, 0.1) is 17.3 Å². The molecule has 2 nitrogen and oxygen atoms in total. The molecule has 0 heterocycles. The van der Waals surface area contributed by atoms with Crippen molar-refractivity contribution in [1.82, 2.24) is 5.32 Å². The van der Waals surface area contributed by atoms with Gasteiger partial charge in [0.15, 0.2) is 0 Å². The molecule has 0 bridgehead atoms. The molecule has 0 rings (SSSR count). The molecule has 16 heavy (non-hydrogen) atoms. The van der Waals surface area contributed by atoms with E-state index in [1.807, 2.05) is 25.7 Å². The molecule has 0 aliphatic heterocycles. The summed E-state index contributed by atoms with van der Waals surface area (Å²) in [4.78, 5) is 4.37. The summed E-state index contributed by atoms with van der Waals surface area (Å²) in [5.41, 5.74) is 0.00430. The van der Waals surface area contributed by atoms with E-state index < -0.39 is 0 Å². The summed E-state index contributed by atoms with van der Waals surface area (Å²) in [7, 11) is 1.91. The predicted octanol–water partition coefficient (Wildman–Crippen LogP) is 3.62. The molecule has 0 radical (unpaired) electrons. The van der Waals surface area contributed by atoms with Crippen LogP contribution in [0.15, 0.2) is 29.5 Å². The third kappa shape index (κ3) is 5.74. The molecule has 0 saturated heterocycles. The van der Waals surface area contributed by atoms with E-state index in [4.69, 9.17) is 0 Å². The van der Waals surface area contributed by atoms with Crippen molar-refractivity contribution in [2.24, 2.45) is 22.2 Å². The maximum atomic E-state index is 4.37. The van der Waals surface area contributed by atoms with Crippen LogP contribution in [0.3, 0.4) is 0 Å². The minimum Gasteiger partial charge on any atom is -0.394 e. The van der Waals surface area contributed by atoms with E-state index in [2.05, 4.69) is 57.1 Å². The summed E-state index contributed by atoms with van der Waals surface area (Å²) in [6.45, 7) is 10.9. The molecule has 0 aliphatic carbocycles. The van der Waals surface area contributed by atoms with Crippen molar-refractivity contribution in [2.45, 2.75) is 34.6 Å². The van der Waals surface area contributed by atoms with Crippen LogP contribution in [0.4, 0.5) is 0 Å². The van der Waals surface area contributed by atoms with Gasteiger partial charge in [-0.3, -0.25) is 4.99 Å². The number of nitrogens with zero attached hydrogens (tertiary/aromatic N) is 1. The Morgan fingerprint density at radius 2 is 1.81 bits per heavy atom. The van der Waals surface area contributed by atoms with Gasteiger partial charge in [-0.2, -0.15) is 0 Å². The van der Waals surface area contributed by atoms with Crippen LogP contribution >= 0.6 is 0 Å². The highest BCUT2D eigenvalue weighted by Gasteiger charge is 2.22. The lowest BCUT2D eigenvalue weighted by Gasteiger charge is -2.25. The quantitative estimate of drug-likeness (QED) is 0.682. The van der Waals surface area contributed by atoms with Crippen molar-refractivity contribution in [3.8, 4) is 0 Å². The molecule has 0 aromatic rings. The first-order valence-electron chi connectivity index (χ1n) is 5.98. The van der Waals surface area contributed by atoms with Crippen LogP contribution < -0.4 is 5.32 Å². The summed E-state index contributed by atoms with van der Waals surface area (Å²) < 4.78 is 0. The first-order chi connectivity index (χ1) is 7.42. The standard InChI is InChI=1S/C14H26N2/c1-12(2)7-9-16-11-14(5,13(3)4)8-10-15-6/h7-13,15H,1-6H3/b9-7+,10-8-,16-11-. The minimum absolute atomic E-state index is 0.00430. The lowest BCUT2D eigenvalue weighted by atomic mass is 9.80. The van der Waals surface area contributed by atoms with E-state index in [-0.39, 0.29) is 5.41 Å². The van der Waals surface area contributed by atoms with Crippen LogP contribution in [0.2, 0.25) is 0 Å². The van der Waals surface area contributed by atoms with Crippen molar-refractivity contribution >= 4 is 6.21 Å². The molecule has 0 amide bonds. The summed E-state index contributed by atoms with van der Waals surface area (Å²) in [5.74, 6) is 1.07. The van der Waals surface area contributed by atoms with Crippen molar-refractivity contribution in [3.63, 3.8) is 0 Å². The van der Waals surface area contributed by atoms with Crippen LogP contribution in [0.25, 0.3) is 0 Å². The lowest BCUT2D eigenvalue weighted by Crippen LogP contribution is -2.23. The van der Waals surface area contributed by atoms with Gasteiger partial charge in [0.2, 0.25) is 0 Å². The van der Waals surface area contributed by atoms with Gasteiger partial charge in [0.1, 0.15) is 0 Å². The molecule has 0 saturated carbocycles. The fourth-order valence-electron chi connectivity index (χ4n) is 1.07. The first kappa shape index (κ1) is 14.9. The fraction of sp³-hybridized carbons (Fsp3) is 0.643. The van der Waals surface area contributed by atoms with Crippen molar-refractivity contribution < 1.29 is 0 Å². The summed E-state index contributed by atoms with van der Waals surface area (Å²) in [6, 6.07) is 0. The summed E-state index contributed by atoms with van der Waals surface area (Å²) in [5, 5.41) is 3.03.